The second kappa shape index (κ2) is 28.6. The van der Waals surface area contributed by atoms with Crippen LogP contribution < -0.4 is 0 Å². The van der Waals surface area contributed by atoms with E-state index in [9.17, 15) is 0 Å². The van der Waals surface area contributed by atoms with Crippen molar-refractivity contribution in [2.24, 2.45) is 0 Å². The van der Waals surface area contributed by atoms with E-state index in [0.29, 0.717) is 0 Å². The van der Waals surface area contributed by atoms with Gasteiger partial charge in [-0.1, -0.05) is 0 Å². The quantitative estimate of drug-likeness (QED) is 0.538. The van der Waals surface area contributed by atoms with E-state index in [0.717, 1.165) is 0 Å². The Morgan fingerprint density at radius 2 is 0.600 bits per heavy atom. The zero-order valence-electron chi connectivity index (χ0n) is 3.56. The molecule has 0 unspecified atom stereocenters. The van der Waals surface area contributed by atoms with Crippen molar-refractivity contribution in [2.45, 2.75) is 0 Å². The fourth-order valence-corrected chi connectivity index (χ4v) is 0. The van der Waals surface area contributed by atoms with Crippen LogP contribution in [-0.4, -0.2) is 0 Å². The smallest absolute Gasteiger partial charge is 0.358 e. The molecule has 0 aromatic rings. The van der Waals surface area contributed by atoms with Gasteiger partial charge in [-0.2, -0.15) is 0 Å². The van der Waals surface area contributed by atoms with E-state index in [1.165, 1.54) is 0 Å². The Labute approximate surface area is 99.3 Å². The van der Waals surface area contributed by atoms with Gasteiger partial charge in [-0.15, -0.1) is 0 Å². The fourth-order valence-electron chi connectivity index (χ4n) is 0. The Bertz CT molecular complexity index is 7.61. The molecule has 5 heavy (non-hydrogen) atoms. The van der Waals surface area contributed by atoms with Gasteiger partial charge in [0.15, 0.2) is 0 Å². The Morgan fingerprint density at radius 1 is 0.600 bits per heavy atom. The molecule has 0 saturated carbocycles. The van der Waals surface area contributed by atoms with Gasteiger partial charge in [-0.25, -0.2) is 0 Å². The summed E-state index contributed by atoms with van der Waals surface area (Å²) in [5.74, 6) is 0. The SMILES string of the molecule is [CH3-].[CH3-].[W+2].[Y].[Y]. The summed E-state index contributed by atoms with van der Waals surface area (Å²) >= 11 is 0. The van der Waals surface area contributed by atoms with Crippen molar-refractivity contribution >= 4 is 0 Å². The number of hydrogen-bond acceptors (Lipinski definition) is 0. The summed E-state index contributed by atoms with van der Waals surface area (Å²) < 4.78 is 0. The van der Waals surface area contributed by atoms with Crippen molar-refractivity contribution < 1.29 is 86.5 Å². The molecule has 0 N–H and O–H groups in total. The second-order valence-corrected chi connectivity index (χ2v) is 0. The van der Waals surface area contributed by atoms with Crippen molar-refractivity contribution in [1.29, 1.82) is 0 Å². The van der Waals surface area contributed by atoms with Crippen molar-refractivity contribution in [3.8, 4) is 0 Å². The summed E-state index contributed by atoms with van der Waals surface area (Å²) in [4.78, 5) is 0. The zero-order chi connectivity index (χ0) is 0. The van der Waals surface area contributed by atoms with E-state index >= 15 is 0 Å². The summed E-state index contributed by atoms with van der Waals surface area (Å²) in [5, 5.41) is 0. The van der Waals surface area contributed by atoms with Crippen LogP contribution >= 0.6 is 0 Å². The van der Waals surface area contributed by atoms with E-state index < -0.39 is 0 Å². The van der Waals surface area contributed by atoms with Crippen LogP contribution in [0.5, 0.6) is 0 Å². The molecule has 0 aliphatic carbocycles. The van der Waals surface area contributed by atoms with E-state index in [-0.39, 0.29) is 101 Å². The Hall–Kier alpha value is 2.90. The standard InChI is InChI=1S/2CH3.W.2Y/h2*1H3;;;/q2*-1;+2;;. The van der Waals surface area contributed by atoms with Crippen molar-refractivity contribution in [2.75, 3.05) is 0 Å². The van der Waals surface area contributed by atoms with Crippen LogP contribution in [0, 0.1) is 14.9 Å². The van der Waals surface area contributed by atoms with Gasteiger partial charge in [-0.3, -0.25) is 0 Å². The molecular formula is C2H6WY2. The van der Waals surface area contributed by atoms with E-state index in [1.807, 2.05) is 0 Å². The summed E-state index contributed by atoms with van der Waals surface area (Å²) in [6.07, 6.45) is 0. The van der Waals surface area contributed by atoms with Crippen LogP contribution in [0.15, 0.2) is 0 Å². The molecule has 0 aromatic heterocycles. The molecule has 0 amide bonds. The van der Waals surface area contributed by atoms with Gasteiger partial charge in [0.1, 0.15) is 0 Å². The number of rotatable bonds is 0. The van der Waals surface area contributed by atoms with Gasteiger partial charge < -0.3 is 14.9 Å². The van der Waals surface area contributed by atoms with Crippen molar-refractivity contribution in [1.82, 2.24) is 0 Å². The molecule has 0 bridgehead atoms. The molecule has 3 heteroatoms. The molecule has 0 fully saturated rings. The molecule has 0 spiro atoms. The first-order valence-electron chi connectivity index (χ1n) is 0. The first-order valence-corrected chi connectivity index (χ1v) is 0. The molecular weight excluding hydrogens is 386 g/mol. The van der Waals surface area contributed by atoms with Gasteiger partial charge in [0.05, 0.1) is 0 Å². The molecule has 0 saturated heterocycles. The van der Waals surface area contributed by atoms with Gasteiger partial charge in [-0.05, 0) is 0 Å². The summed E-state index contributed by atoms with van der Waals surface area (Å²) in [7, 11) is 0. The average molecular weight is 392 g/mol. The molecule has 0 aliphatic rings. The molecule has 0 aromatic carbocycles. The molecule has 0 heterocycles. The molecule has 0 aliphatic heterocycles. The van der Waals surface area contributed by atoms with Gasteiger partial charge in [0.25, 0.3) is 0 Å². The van der Waals surface area contributed by atoms with Crippen LogP contribution in [0.2, 0.25) is 0 Å². The summed E-state index contributed by atoms with van der Waals surface area (Å²) in [6, 6.07) is 0. The fraction of sp³-hybridized carbons (Fsp3) is 0. The Balaban J connectivity index is 0. The van der Waals surface area contributed by atoms with Crippen LogP contribution in [-0.2, 0) is 86.5 Å². The molecule has 0 rings (SSSR count). The predicted molar refractivity (Wildman–Crippen MR) is 12.8 cm³/mol. The zero-order valence-corrected chi connectivity index (χ0v) is 12.2. The van der Waals surface area contributed by atoms with Crippen molar-refractivity contribution in [3.05, 3.63) is 14.9 Å². The Kier molecular flexibility index (Phi) is 256. The van der Waals surface area contributed by atoms with Crippen LogP contribution in [0.25, 0.3) is 0 Å². The topological polar surface area (TPSA) is 0 Å². The maximum atomic E-state index is 0. The third kappa shape index (κ3) is 19.7. The van der Waals surface area contributed by atoms with Crippen LogP contribution in [0.4, 0.5) is 0 Å². The molecule has 0 nitrogen and oxygen atoms in total. The van der Waals surface area contributed by atoms with E-state index in [2.05, 4.69) is 0 Å². The average Bonchev–Trinajstić information content (AvgIpc) is 0. The summed E-state index contributed by atoms with van der Waals surface area (Å²) in [6.45, 7) is 0. The number of hydrogen-bond donors (Lipinski definition) is 0. The maximum absolute atomic E-state index is 0. The minimum Gasteiger partial charge on any atom is -0.358 e. The Morgan fingerprint density at radius 3 is 0.600 bits per heavy atom. The minimum atomic E-state index is 0. The predicted octanol–water partition coefficient (Wildman–Crippen LogP) is 0.893. The minimum absolute atomic E-state index is 0. The third-order valence-corrected chi connectivity index (χ3v) is 0. The first kappa shape index (κ1) is 44.8. The molecule has 0 atom stereocenters. The van der Waals surface area contributed by atoms with Gasteiger partial charge in [0, 0.05) is 65.4 Å². The first-order chi connectivity index (χ1) is 0. The monoisotopic (exact) mass is 392 g/mol. The maximum Gasteiger partial charge on any atom is 2.00 e. The van der Waals surface area contributed by atoms with E-state index in [4.69, 9.17) is 0 Å². The molecule has 26 valence electrons. The van der Waals surface area contributed by atoms with Crippen molar-refractivity contribution in [3.63, 3.8) is 0 Å². The molecule has 2 radical (unpaired) electrons. The van der Waals surface area contributed by atoms with E-state index in [1.54, 1.807) is 0 Å². The summed E-state index contributed by atoms with van der Waals surface area (Å²) in [5.41, 5.74) is 0. The second-order valence-electron chi connectivity index (χ2n) is 0. The van der Waals surface area contributed by atoms with Gasteiger partial charge >= 0.3 is 21.1 Å². The van der Waals surface area contributed by atoms with Crippen LogP contribution in [0.1, 0.15) is 0 Å². The third-order valence-electron chi connectivity index (χ3n) is 0. The largest absolute Gasteiger partial charge is 2.00 e. The van der Waals surface area contributed by atoms with Gasteiger partial charge in [0.2, 0.25) is 0 Å². The normalized spacial score (nSPS) is 0. The van der Waals surface area contributed by atoms with Crippen LogP contribution in [0.3, 0.4) is 0 Å².